The van der Waals surface area contributed by atoms with E-state index in [1.807, 2.05) is 19.2 Å². The number of aromatic nitrogens is 2. The molecule has 0 aliphatic heterocycles. The SMILES string of the molecule is Cn1nccc1-c1cc(C(=O)N[C@H](CN)Cc2ccccc2F)cs1. The molecule has 2 aromatic heterocycles. The summed E-state index contributed by atoms with van der Waals surface area (Å²) >= 11 is 1.48. The predicted octanol–water partition coefficient (Wildman–Crippen LogP) is 2.59. The van der Waals surface area contributed by atoms with Gasteiger partial charge in [-0.25, -0.2) is 4.39 Å². The van der Waals surface area contributed by atoms with Crippen molar-refractivity contribution in [3.8, 4) is 10.6 Å². The second-order valence-corrected chi connectivity index (χ2v) is 6.65. The first-order valence-electron chi connectivity index (χ1n) is 7.89. The van der Waals surface area contributed by atoms with Crippen LogP contribution in [0, 0.1) is 5.82 Å². The monoisotopic (exact) mass is 358 g/mol. The number of rotatable bonds is 6. The maximum Gasteiger partial charge on any atom is 0.252 e. The van der Waals surface area contributed by atoms with E-state index in [1.54, 1.807) is 34.5 Å². The van der Waals surface area contributed by atoms with Crippen molar-refractivity contribution < 1.29 is 9.18 Å². The minimum atomic E-state index is -0.329. The van der Waals surface area contributed by atoms with Crippen molar-refractivity contribution in [2.24, 2.45) is 12.8 Å². The molecule has 0 saturated heterocycles. The van der Waals surface area contributed by atoms with Crippen molar-refractivity contribution >= 4 is 17.2 Å². The molecule has 0 fully saturated rings. The molecule has 3 N–H and O–H groups in total. The van der Waals surface area contributed by atoms with E-state index in [0.717, 1.165) is 10.6 Å². The molecule has 0 spiro atoms. The van der Waals surface area contributed by atoms with E-state index in [0.29, 0.717) is 17.5 Å². The lowest BCUT2D eigenvalue weighted by Gasteiger charge is -2.17. The average molecular weight is 358 g/mol. The van der Waals surface area contributed by atoms with Crippen molar-refractivity contribution in [3.63, 3.8) is 0 Å². The summed E-state index contributed by atoms with van der Waals surface area (Å²) < 4.78 is 15.5. The molecule has 1 atom stereocenters. The Morgan fingerprint density at radius 1 is 1.40 bits per heavy atom. The lowest BCUT2D eigenvalue weighted by molar-refractivity contribution is 0.0938. The van der Waals surface area contributed by atoms with Gasteiger partial charge in [-0.3, -0.25) is 9.48 Å². The topological polar surface area (TPSA) is 72.9 Å². The summed E-state index contributed by atoms with van der Waals surface area (Å²) in [5.74, 6) is -0.499. The van der Waals surface area contributed by atoms with Gasteiger partial charge in [-0.15, -0.1) is 11.3 Å². The first kappa shape index (κ1) is 17.3. The van der Waals surface area contributed by atoms with Gasteiger partial charge in [0.15, 0.2) is 0 Å². The van der Waals surface area contributed by atoms with E-state index in [2.05, 4.69) is 10.4 Å². The number of hydrogen-bond acceptors (Lipinski definition) is 4. The van der Waals surface area contributed by atoms with Crippen molar-refractivity contribution in [3.05, 3.63) is 64.9 Å². The number of carbonyl (C=O) groups is 1. The van der Waals surface area contributed by atoms with Crippen molar-refractivity contribution in [2.45, 2.75) is 12.5 Å². The quantitative estimate of drug-likeness (QED) is 0.711. The summed E-state index contributed by atoms with van der Waals surface area (Å²) in [5.41, 5.74) is 7.81. The predicted molar refractivity (Wildman–Crippen MR) is 96.9 cm³/mol. The zero-order chi connectivity index (χ0) is 17.8. The van der Waals surface area contributed by atoms with E-state index >= 15 is 0 Å². The van der Waals surface area contributed by atoms with Gasteiger partial charge in [-0.2, -0.15) is 5.10 Å². The number of nitrogens with one attached hydrogen (secondary N) is 1. The van der Waals surface area contributed by atoms with E-state index < -0.39 is 0 Å². The van der Waals surface area contributed by atoms with Crippen LogP contribution in [0.15, 0.2) is 48.0 Å². The fourth-order valence-electron chi connectivity index (χ4n) is 2.60. The largest absolute Gasteiger partial charge is 0.348 e. The Hall–Kier alpha value is -2.51. The number of thiophene rings is 1. The summed E-state index contributed by atoms with van der Waals surface area (Å²) in [6, 6.07) is 9.91. The number of halogens is 1. The standard InChI is InChI=1S/C18H19FN4OS/c1-23-16(6-7-21-23)17-9-13(11-25-17)18(24)22-14(10-20)8-12-4-2-3-5-15(12)19/h2-7,9,11,14H,8,10,20H2,1H3,(H,22,24)/t14-/m0/s1. The van der Waals surface area contributed by atoms with Crippen LogP contribution in [0.2, 0.25) is 0 Å². The molecule has 5 nitrogen and oxygen atoms in total. The molecule has 0 aliphatic carbocycles. The number of nitrogens with two attached hydrogens (primary N) is 1. The molecule has 130 valence electrons. The van der Waals surface area contributed by atoms with Crippen LogP contribution in [0.25, 0.3) is 10.6 Å². The number of amides is 1. The van der Waals surface area contributed by atoms with Crippen molar-refractivity contribution in [1.82, 2.24) is 15.1 Å². The molecule has 0 radical (unpaired) electrons. The van der Waals surface area contributed by atoms with Crippen LogP contribution >= 0.6 is 11.3 Å². The molecule has 3 rings (SSSR count). The Bertz CT molecular complexity index is 873. The van der Waals surface area contributed by atoms with Crippen LogP contribution in [0.5, 0.6) is 0 Å². The van der Waals surface area contributed by atoms with Crippen LogP contribution in [0.3, 0.4) is 0 Å². The van der Waals surface area contributed by atoms with Crippen molar-refractivity contribution in [2.75, 3.05) is 6.54 Å². The lowest BCUT2D eigenvalue weighted by Crippen LogP contribution is -2.41. The molecule has 7 heteroatoms. The molecular formula is C18H19FN4OS. The number of nitrogens with zero attached hydrogens (tertiary/aromatic N) is 2. The molecular weight excluding hydrogens is 339 g/mol. The molecule has 0 aliphatic rings. The van der Waals surface area contributed by atoms with Gasteiger partial charge in [0, 0.05) is 31.2 Å². The third-order valence-corrected chi connectivity index (χ3v) is 4.93. The summed E-state index contributed by atoms with van der Waals surface area (Å²) in [5, 5.41) is 8.82. The van der Waals surface area contributed by atoms with E-state index in [9.17, 15) is 9.18 Å². The zero-order valence-electron chi connectivity index (χ0n) is 13.8. The second kappa shape index (κ2) is 7.58. The molecule has 3 aromatic rings. The highest BCUT2D eigenvalue weighted by Gasteiger charge is 2.17. The molecule has 0 bridgehead atoms. The first-order chi connectivity index (χ1) is 12.1. The van der Waals surface area contributed by atoms with Crippen LogP contribution in [-0.4, -0.2) is 28.3 Å². The van der Waals surface area contributed by atoms with Crippen molar-refractivity contribution in [1.29, 1.82) is 0 Å². The number of benzene rings is 1. The number of carbonyl (C=O) groups excluding carboxylic acids is 1. The Morgan fingerprint density at radius 2 is 2.20 bits per heavy atom. The average Bonchev–Trinajstić information content (AvgIpc) is 3.24. The minimum Gasteiger partial charge on any atom is -0.348 e. The van der Waals surface area contributed by atoms with Crippen LogP contribution in [0.4, 0.5) is 4.39 Å². The van der Waals surface area contributed by atoms with Gasteiger partial charge in [0.05, 0.1) is 16.1 Å². The number of hydrogen-bond donors (Lipinski definition) is 2. The van der Waals surface area contributed by atoms with Gasteiger partial charge in [0.1, 0.15) is 5.82 Å². The van der Waals surface area contributed by atoms with Gasteiger partial charge >= 0.3 is 0 Å². The fraction of sp³-hybridized carbons (Fsp3) is 0.222. The maximum absolute atomic E-state index is 13.8. The molecule has 2 heterocycles. The molecule has 0 unspecified atom stereocenters. The van der Waals surface area contributed by atoms with E-state index in [1.165, 1.54) is 17.4 Å². The first-order valence-corrected chi connectivity index (χ1v) is 8.77. The number of aryl methyl sites for hydroxylation is 1. The Labute approximate surface area is 149 Å². The Balaban J connectivity index is 1.69. The molecule has 25 heavy (non-hydrogen) atoms. The summed E-state index contributed by atoms with van der Waals surface area (Å²) in [4.78, 5) is 13.4. The highest BCUT2D eigenvalue weighted by atomic mass is 32.1. The summed E-state index contributed by atoms with van der Waals surface area (Å²) in [6.45, 7) is 0.235. The highest BCUT2D eigenvalue weighted by molar-refractivity contribution is 7.13. The maximum atomic E-state index is 13.8. The smallest absolute Gasteiger partial charge is 0.252 e. The summed E-state index contributed by atoms with van der Waals surface area (Å²) in [7, 11) is 1.85. The normalized spacial score (nSPS) is 12.1. The lowest BCUT2D eigenvalue weighted by atomic mass is 10.1. The second-order valence-electron chi connectivity index (χ2n) is 5.74. The van der Waals surface area contributed by atoms with Gasteiger partial charge < -0.3 is 11.1 Å². The van der Waals surface area contributed by atoms with Gasteiger partial charge in [0.25, 0.3) is 5.91 Å². The van der Waals surface area contributed by atoms with Crippen LogP contribution in [-0.2, 0) is 13.5 Å². The molecule has 0 saturated carbocycles. The van der Waals surface area contributed by atoms with Gasteiger partial charge in [0.2, 0.25) is 0 Å². The highest BCUT2D eigenvalue weighted by Crippen LogP contribution is 2.26. The summed E-state index contributed by atoms with van der Waals surface area (Å²) in [6.07, 6.45) is 2.07. The third kappa shape index (κ3) is 3.94. The van der Waals surface area contributed by atoms with E-state index in [4.69, 9.17) is 5.73 Å². The van der Waals surface area contributed by atoms with Gasteiger partial charge in [-0.1, -0.05) is 18.2 Å². The minimum absolute atomic E-state index is 0.212. The van der Waals surface area contributed by atoms with Gasteiger partial charge in [-0.05, 0) is 30.2 Å². The van der Waals surface area contributed by atoms with Crippen LogP contribution in [0.1, 0.15) is 15.9 Å². The molecule has 1 aromatic carbocycles. The third-order valence-electron chi connectivity index (χ3n) is 3.98. The van der Waals surface area contributed by atoms with Crippen LogP contribution < -0.4 is 11.1 Å². The van der Waals surface area contributed by atoms with E-state index in [-0.39, 0.29) is 24.3 Å². The Kier molecular flexibility index (Phi) is 5.25. The fourth-order valence-corrected chi connectivity index (χ4v) is 3.54. The molecule has 1 amide bonds. The zero-order valence-corrected chi connectivity index (χ0v) is 14.6. The Morgan fingerprint density at radius 3 is 2.88 bits per heavy atom.